The number of para-hydroxylation sites is 1. The van der Waals surface area contributed by atoms with Crippen molar-refractivity contribution in [3.05, 3.63) is 66.2 Å². The summed E-state index contributed by atoms with van der Waals surface area (Å²) in [6, 6.07) is 19.5. The minimum absolute atomic E-state index is 0.300. The molecule has 3 saturated heterocycles. The molecule has 0 saturated carbocycles. The summed E-state index contributed by atoms with van der Waals surface area (Å²) in [5.41, 5.74) is 0.971. The Balaban J connectivity index is 1.38. The maximum atomic E-state index is 6.30. The van der Waals surface area contributed by atoms with Gasteiger partial charge in [-0.15, -0.1) is 0 Å². The number of hydrogen-bond acceptors (Lipinski definition) is 7. The molecular weight excluding hydrogens is 393 g/mol. The standard InChI is InChI=1S/C21H24NO6P/c1-22(2)29-27-18-17-16(13-23-20(26-17)14-9-5-3-6-10-14)25-21(19(18)28-29)24-15-11-7-4-8-12-15/h3-12,16-21H,13H2,1-2H3/t16?,17-,18?,19+,20?,21-,29?/m1/s1. The number of ether oxygens (including phenoxy) is 4. The van der Waals surface area contributed by atoms with E-state index in [1.807, 2.05) is 79.4 Å². The van der Waals surface area contributed by atoms with E-state index in [2.05, 4.69) is 0 Å². The molecule has 3 aliphatic heterocycles. The first kappa shape index (κ1) is 19.4. The van der Waals surface area contributed by atoms with Crippen molar-refractivity contribution in [3.63, 3.8) is 0 Å². The molecule has 154 valence electrons. The van der Waals surface area contributed by atoms with Gasteiger partial charge >= 0.3 is 0 Å². The van der Waals surface area contributed by atoms with Gasteiger partial charge in [-0.2, -0.15) is 0 Å². The van der Waals surface area contributed by atoms with E-state index in [9.17, 15) is 0 Å². The quantitative estimate of drug-likeness (QED) is 0.706. The lowest BCUT2D eigenvalue weighted by molar-refractivity contribution is -0.335. The lowest BCUT2D eigenvalue weighted by Gasteiger charge is -2.45. The van der Waals surface area contributed by atoms with E-state index >= 15 is 0 Å². The highest BCUT2D eigenvalue weighted by molar-refractivity contribution is 7.44. The van der Waals surface area contributed by atoms with Crippen LogP contribution in [0.15, 0.2) is 60.7 Å². The van der Waals surface area contributed by atoms with Gasteiger partial charge in [0.2, 0.25) is 6.29 Å². The van der Waals surface area contributed by atoms with Gasteiger partial charge in [0.25, 0.3) is 8.53 Å². The van der Waals surface area contributed by atoms with Crippen LogP contribution in [-0.2, 0) is 23.3 Å². The van der Waals surface area contributed by atoms with Gasteiger partial charge in [-0.3, -0.25) is 0 Å². The molecule has 0 spiro atoms. The Morgan fingerprint density at radius 1 is 0.862 bits per heavy atom. The van der Waals surface area contributed by atoms with Crippen molar-refractivity contribution in [2.75, 3.05) is 20.7 Å². The van der Waals surface area contributed by atoms with Gasteiger partial charge in [0.1, 0.15) is 24.1 Å². The average molecular weight is 417 g/mol. The van der Waals surface area contributed by atoms with Crippen LogP contribution >= 0.6 is 8.53 Å². The Morgan fingerprint density at radius 3 is 2.28 bits per heavy atom. The molecule has 2 aromatic carbocycles. The normalized spacial score (nSPS) is 36.4. The molecule has 8 heteroatoms. The molecule has 5 rings (SSSR count). The zero-order valence-corrected chi connectivity index (χ0v) is 17.2. The fraction of sp³-hybridized carbons (Fsp3) is 0.429. The van der Waals surface area contributed by atoms with Crippen molar-refractivity contribution < 1.29 is 28.0 Å². The average Bonchev–Trinajstić information content (AvgIpc) is 3.22. The van der Waals surface area contributed by atoms with Gasteiger partial charge in [-0.05, 0) is 26.2 Å². The molecule has 3 fully saturated rings. The molecule has 0 N–H and O–H groups in total. The molecule has 7 nitrogen and oxygen atoms in total. The second-order valence-corrected chi connectivity index (χ2v) is 9.07. The summed E-state index contributed by atoms with van der Waals surface area (Å²) in [4.78, 5) is 0. The van der Waals surface area contributed by atoms with Crippen molar-refractivity contribution >= 4 is 8.53 Å². The second kappa shape index (κ2) is 8.28. The van der Waals surface area contributed by atoms with Crippen LogP contribution in [0.4, 0.5) is 0 Å². The van der Waals surface area contributed by atoms with E-state index < -0.39 is 21.1 Å². The summed E-state index contributed by atoms with van der Waals surface area (Å²) in [6.07, 6.45) is -2.35. The Morgan fingerprint density at radius 2 is 1.55 bits per heavy atom. The predicted molar refractivity (Wildman–Crippen MR) is 106 cm³/mol. The highest BCUT2D eigenvalue weighted by Crippen LogP contribution is 2.54. The molecule has 3 heterocycles. The van der Waals surface area contributed by atoms with Gasteiger partial charge in [0, 0.05) is 5.56 Å². The summed E-state index contributed by atoms with van der Waals surface area (Å²) in [5, 5.41) is 0. The van der Waals surface area contributed by atoms with Gasteiger partial charge in [-0.25, -0.2) is 4.67 Å². The fourth-order valence-electron chi connectivity index (χ4n) is 3.71. The van der Waals surface area contributed by atoms with Crippen molar-refractivity contribution in [2.45, 2.75) is 37.0 Å². The van der Waals surface area contributed by atoms with E-state index in [1.165, 1.54) is 0 Å². The van der Waals surface area contributed by atoms with Gasteiger partial charge in [-0.1, -0.05) is 48.5 Å². The first-order valence-corrected chi connectivity index (χ1v) is 10.8. The van der Waals surface area contributed by atoms with E-state index in [4.69, 9.17) is 28.0 Å². The zero-order chi connectivity index (χ0) is 19.8. The van der Waals surface area contributed by atoms with Crippen LogP contribution in [0.1, 0.15) is 11.9 Å². The maximum absolute atomic E-state index is 6.30. The monoisotopic (exact) mass is 417 g/mol. The third kappa shape index (κ3) is 3.92. The molecular formula is C21H24NO6P. The second-order valence-electron chi connectivity index (χ2n) is 7.38. The van der Waals surface area contributed by atoms with Crippen LogP contribution in [0.25, 0.3) is 0 Å². The zero-order valence-electron chi connectivity index (χ0n) is 16.3. The summed E-state index contributed by atoms with van der Waals surface area (Å²) in [7, 11) is 2.67. The SMILES string of the molecule is CN(C)P1OC2[C@@H]3OC(c4ccccc4)OCC3O[C@@H](Oc3ccccc3)[C@H]2O1. The van der Waals surface area contributed by atoms with Gasteiger partial charge < -0.3 is 28.0 Å². The van der Waals surface area contributed by atoms with Crippen LogP contribution in [0.5, 0.6) is 5.75 Å². The third-order valence-corrected chi connectivity index (χ3v) is 6.60. The number of rotatable bonds is 4. The number of benzene rings is 2. The van der Waals surface area contributed by atoms with Crippen molar-refractivity contribution in [1.29, 1.82) is 0 Å². The summed E-state index contributed by atoms with van der Waals surface area (Å²) >= 11 is 0. The van der Waals surface area contributed by atoms with E-state index in [-0.39, 0.29) is 24.4 Å². The number of hydrogen-bond donors (Lipinski definition) is 0. The lowest BCUT2D eigenvalue weighted by Crippen LogP contribution is -2.61. The lowest BCUT2D eigenvalue weighted by atomic mass is 9.98. The van der Waals surface area contributed by atoms with Crippen LogP contribution < -0.4 is 4.74 Å². The molecule has 4 unspecified atom stereocenters. The molecule has 0 amide bonds. The highest BCUT2D eigenvalue weighted by Gasteiger charge is 2.57. The topological polar surface area (TPSA) is 58.6 Å². The molecule has 7 atom stereocenters. The summed E-state index contributed by atoms with van der Waals surface area (Å²) < 4.78 is 39.0. The number of fused-ring (bicyclic) bond motifs is 3. The molecule has 0 bridgehead atoms. The first-order chi connectivity index (χ1) is 14.2. The van der Waals surface area contributed by atoms with E-state index in [1.54, 1.807) is 0 Å². The Kier molecular flexibility index (Phi) is 5.54. The van der Waals surface area contributed by atoms with Crippen LogP contribution in [-0.4, -0.2) is 56.1 Å². The Hall–Kier alpha value is -1.57. The molecule has 0 radical (unpaired) electrons. The van der Waals surface area contributed by atoms with Crippen LogP contribution in [0, 0.1) is 0 Å². The third-order valence-electron chi connectivity index (χ3n) is 5.10. The maximum Gasteiger partial charge on any atom is 0.259 e. The summed E-state index contributed by atoms with van der Waals surface area (Å²) in [6.45, 7) is 0.394. The molecule has 2 aromatic rings. The summed E-state index contributed by atoms with van der Waals surface area (Å²) in [5.74, 6) is 0.721. The van der Waals surface area contributed by atoms with Gasteiger partial charge in [0.05, 0.1) is 6.61 Å². The molecule has 3 aliphatic rings. The number of nitrogens with zero attached hydrogens (tertiary/aromatic N) is 1. The first-order valence-electron chi connectivity index (χ1n) is 9.69. The molecule has 0 aliphatic carbocycles. The smallest absolute Gasteiger partial charge is 0.259 e. The minimum Gasteiger partial charge on any atom is -0.462 e. The Labute approximate surface area is 171 Å². The highest BCUT2D eigenvalue weighted by atomic mass is 31.2. The Bertz CT molecular complexity index is 809. The largest absolute Gasteiger partial charge is 0.462 e. The van der Waals surface area contributed by atoms with Crippen molar-refractivity contribution in [2.24, 2.45) is 0 Å². The van der Waals surface area contributed by atoms with Crippen LogP contribution in [0.3, 0.4) is 0 Å². The predicted octanol–water partition coefficient (Wildman–Crippen LogP) is 3.48. The van der Waals surface area contributed by atoms with E-state index in [0.29, 0.717) is 6.61 Å². The van der Waals surface area contributed by atoms with E-state index in [0.717, 1.165) is 11.3 Å². The van der Waals surface area contributed by atoms with Gasteiger partial charge in [0.15, 0.2) is 12.4 Å². The van der Waals surface area contributed by atoms with Crippen LogP contribution in [0.2, 0.25) is 0 Å². The fourth-order valence-corrected chi connectivity index (χ4v) is 5.01. The van der Waals surface area contributed by atoms with Crippen molar-refractivity contribution in [3.8, 4) is 5.75 Å². The molecule has 0 aromatic heterocycles. The van der Waals surface area contributed by atoms with Crippen molar-refractivity contribution in [1.82, 2.24) is 4.67 Å². The molecule has 29 heavy (non-hydrogen) atoms. The minimum atomic E-state index is -1.20.